The number of hydrogen-bond acceptors (Lipinski definition) is 0. The normalized spacial score (nSPS) is 22.0. The van der Waals surface area contributed by atoms with Gasteiger partial charge in [0.1, 0.15) is 0 Å². The van der Waals surface area contributed by atoms with Crippen LogP contribution >= 0.6 is 0 Å². The Kier molecular flexibility index (Phi) is 2.56. The number of hydrogen-bond donors (Lipinski definition) is 0. The summed E-state index contributed by atoms with van der Waals surface area (Å²) in [4.78, 5) is 0. The minimum atomic E-state index is 0.922. The predicted octanol–water partition coefficient (Wildman–Crippen LogP) is 3.04. The summed E-state index contributed by atoms with van der Waals surface area (Å²) < 4.78 is 0. The van der Waals surface area contributed by atoms with Crippen molar-refractivity contribution < 1.29 is 0 Å². The van der Waals surface area contributed by atoms with Crippen molar-refractivity contribution in [1.82, 2.24) is 0 Å². The highest BCUT2D eigenvalue weighted by Gasteiger charge is 2.21. The van der Waals surface area contributed by atoms with E-state index in [2.05, 4.69) is 20.3 Å². The molecule has 1 unspecified atom stereocenters. The molecule has 1 aliphatic carbocycles. The van der Waals surface area contributed by atoms with Gasteiger partial charge in [0.05, 0.1) is 0 Å². The van der Waals surface area contributed by atoms with E-state index in [-0.39, 0.29) is 0 Å². The van der Waals surface area contributed by atoms with Gasteiger partial charge >= 0.3 is 0 Å². The molecule has 0 heterocycles. The van der Waals surface area contributed by atoms with E-state index in [1.54, 1.807) is 0 Å². The molecule has 1 radical (unpaired) electrons. The minimum Gasteiger partial charge on any atom is -0.0651 e. The molecule has 0 aromatic carbocycles. The molecule has 1 fully saturated rings. The summed E-state index contributed by atoms with van der Waals surface area (Å²) in [6, 6.07) is 0. The van der Waals surface area contributed by atoms with Gasteiger partial charge in [0.2, 0.25) is 0 Å². The monoisotopic (exact) mass is 125 g/mol. The third-order valence-electron chi connectivity index (χ3n) is 2.19. The van der Waals surface area contributed by atoms with Gasteiger partial charge in [0.25, 0.3) is 0 Å². The molecule has 0 saturated heterocycles. The van der Waals surface area contributed by atoms with Crippen LogP contribution in [0.5, 0.6) is 0 Å². The lowest BCUT2D eigenvalue weighted by Crippen LogP contribution is -1.92. The Morgan fingerprint density at radius 3 is 2.67 bits per heavy atom. The van der Waals surface area contributed by atoms with E-state index in [1.165, 1.54) is 25.7 Å². The minimum absolute atomic E-state index is 0.922. The van der Waals surface area contributed by atoms with Gasteiger partial charge in [0.15, 0.2) is 0 Å². The molecule has 9 heavy (non-hydrogen) atoms. The molecule has 0 N–H and O–H groups in total. The summed E-state index contributed by atoms with van der Waals surface area (Å²) in [6.07, 6.45) is 8.13. The van der Waals surface area contributed by atoms with Crippen LogP contribution in [0.4, 0.5) is 0 Å². The van der Waals surface area contributed by atoms with Crippen LogP contribution in [0.1, 0.15) is 39.5 Å². The Balaban J connectivity index is 1.90. The fraction of sp³-hybridized carbons (Fsp3) is 0.889. The lowest BCUT2D eigenvalue weighted by Gasteiger charge is -2.05. The molecule has 0 aliphatic heterocycles. The summed E-state index contributed by atoms with van der Waals surface area (Å²) in [7, 11) is 0. The largest absolute Gasteiger partial charge is 0.0651 e. The zero-order chi connectivity index (χ0) is 6.69. The third-order valence-corrected chi connectivity index (χ3v) is 2.19. The molecular weight excluding hydrogens is 108 g/mol. The van der Waals surface area contributed by atoms with Gasteiger partial charge in [0, 0.05) is 0 Å². The first-order valence-corrected chi connectivity index (χ1v) is 4.16. The van der Waals surface area contributed by atoms with Crippen molar-refractivity contribution in [3.8, 4) is 0 Å². The summed E-state index contributed by atoms with van der Waals surface area (Å²) >= 11 is 0. The second-order valence-electron chi connectivity index (χ2n) is 3.32. The fourth-order valence-corrected chi connectivity index (χ4v) is 0.923. The van der Waals surface area contributed by atoms with Crippen LogP contribution in [0.15, 0.2) is 0 Å². The van der Waals surface area contributed by atoms with Gasteiger partial charge in [-0.15, -0.1) is 0 Å². The van der Waals surface area contributed by atoms with Gasteiger partial charge in [-0.1, -0.05) is 20.3 Å². The second-order valence-corrected chi connectivity index (χ2v) is 3.32. The molecule has 0 spiro atoms. The molecule has 53 valence electrons. The van der Waals surface area contributed by atoms with E-state index >= 15 is 0 Å². The zero-order valence-electron chi connectivity index (χ0n) is 6.56. The van der Waals surface area contributed by atoms with E-state index in [0.29, 0.717) is 0 Å². The quantitative estimate of drug-likeness (QED) is 0.541. The maximum atomic E-state index is 2.51. The lowest BCUT2D eigenvalue weighted by atomic mass is 10.0. The summed E-state index contributed by atoms with van der Waals surface area (Å²) in [6.45, 7) is 4.60. The van der Waals surface area contributed by atoms with Crippen LogP contribution in [0.3, 0.4) is 0 Å². The molecular formula is C9H17. The molecule has 0 aromatic heterocycles. The second kappa shape index (κ2) is 3.24. The molecule has 1 saturated carbocycles. The first-order chi connectivity index (χ1) is 4.33. The summed E-state index contributed by atoms with van der Waals surface area (Å²) in [5.74, 6) is 1.93. The van der Waals surface area contributed by atoms with Crippen LogP contribution in [-0.4, -0.2) is 0 Å². The van der Waals surface area contributed by atoms with E-state index in [9.17, 15) is 0 Å². The average Bonchev–Trinajstić information content (AvgIpc) is 2.65. The SMILES string of the molecule is CCC(C)C[CH]C1CC1. The third kappa shape index (κ3) is 2.88. The molecule has 0 bridgehead atoms. The Morgan fingerprint density at radius 2 is 2.22 bits per heavy atom. The van der Waals surface area contributed by atoms with Crippen molar-refractivity contribution in [2.24, 2.45) is 11.8 Å². The van der Waals surface area contributed by atoms with E-state index in [1.807, 2.05) is 0 Å². The van der Waals surface area contributed by atoms with Gasteiger partial charge in [-0.25, -0.2) is 0 Å². The lowest BCUT2D eigenvalue weighted by molar-refractivity contribution is 0.540. The molecule has 0 nitrogen and oxygen atoms in total. The van der Waals surface area contributed by atoms with Crippen LogP contribution in [0, 0.1) is 18.3 Å². The molecule has 1 aliphatic rings. The van der Waals surface area contributed by atoms with E-state index in [0.717, 1.165) is 11.8 Å². The molecule has 0 aromatic rings. The molecule has 1 atom stereocenters. The first-order valence-electron chi connectivity index (χ1n) is 4.16. The predicted molar refractivity (Wildman–Crippen MR) is 41.1 cm³/mol. The maximum absolute atomic E-state index is 2.51. The Hall–Kier alpha value is 0. The Labute approximate surface area is 58.7 Å². The summed E-state index contributed by atoms with van der Waals surface area (Å²) in [5, 5.41) is 0. The Morgan fingerprint density at radius 1 is 1.56 bits per heavy atom. The van der Waals surface area contributed by atoms with E-state index in [4.69, 9.17) is 0 Å². The highest BCUT2D eigenvalue weighted by Crippen LogP contribution is 2.33. The fourth-order valence-electron chi connectivity index (χ4n) is 0.923. The maximum Gasteiger partial charge on any atom is -0.0352 e. The van der Waals surface area contributed by atoms with Crippen molar-refractivity contribution in [2.45, 2.75) is 39.5 Å². The molecule has 1 rings (SSSR count). The van der Waals surface area contributed by atoms with Crippen molar-refractivity contribution >= 4 is 0 Å². The standard InChI is InChI=1S/C9H17/c1-3-8(2)4-5-9-6-7-9/h5,8-9H,3-4,6-7H2,1-2H3. The van der Waals surface area contributed by atoms with Crippen molar-refractivity contribution in [3.05, 3.63) is 6.42 Å². The van der Waals surface area contributed by atoms with Crippen LogP contribution in [0.25, 0.3) is 0 Å². The zero-order valence-corrected chi connectivity index (χ0v) is 6.56. The first kappa shape index (κ1) is 7.11. The summed E-state index contributed by atoms with van der Waals surface area (Å²) in [5.41, 5.74) is 0. The van der Waals surface area contributed by atoms with Gasteiger partial charge < -0.3 is 0 Å². The number of rotatable bonds is 4. The van der Waals surface area contributed by atoms with E-state index < -0.39 is 0 Å². The topological polar surface area (TPSA) is 0 Å². The van der Waals surface area contributed by atoms with Crippen LogP contribution in [-0.2, 0) is 0 Å². The van der Waals surface area contributed by atoms with Gasteiger partial charge in [-0.3, -0.25) is 0 Å². The van der Waals surface area contributed by atoms with Crippen LogP contribution < -0.4 is 0 Å². The van der Waals surface area contributed by atoms with Crippen molar-refractivity contribution in [2.75, 3.05) is 0 Å². The van der Waals surface area contributed by atoms with Crippen molar-refractivity contribution in [1.29, 1.82) is 0 Å². The average molecular weight is 125 g/mol. The van der Waals surface area contributed by atoms with Crippen LogP contribution in [0.2, 0.25) is 0 Å². The highest BCUT2D eigenvalue weighted by atomic mass is 14.3. The molecule has 0 amide bonds. The smallest absolute Gasteiger partial charge is 0.0352 e. The van der Waals surface area contributed by atoms with Gasteiger partial charge in [-0.05, 0) is 37.5 Å². The highest BCUT2D eigenvalue weighted by molar-refractivity contribution is 4.87. The van der Waals surface area contributed by atoms with Crippen molar-refractivity contribution in [3.63, 3.8) is 0 Å². The molecule has 0 heteroatoms. The van der Waals surface area contributed by atoms with Gasteiger partial charge in [-0.2, -0.15) is 0 Å². The Bertz CT molecular complexity index is 72.1.